The van der Waals surface area contributed by atoms with Gasteiger partial charge in [-0.25, -0.2) is 0 Å². The Morgan fingerprint density at radius 3 is 2.78 bits per heavy atom. The lowest BCUT2D eigenvalue weighted by Crippen LogP contribution is -2.35. The third-order valence-corrected chi connectivity index (χ3v) is 2.89. The Hall–Kier alpha value is -1.95. The molecule has 0 bridgehead atoms. The summed E-state index contributed by atoms with van der Waals surface area (Å²) in [5.74, 6) is -0.254. The number of aliphatic hydroxyl groups excluding tert-OH is 1. The third-order valence-electron chi connectivity index (χ3n) is 2.89. The number of nitrogens with zero attached hydrogens (tertiary/aromatic N) is 2. The number of rotatable bonds is 5. The van der Waals surface area contributed by atoms with Gasteiger partial charge in [-0.05, 0) is 18.9 Å². The summed E-state index contributed by atoms with van der Waals surface area (Å²) in [5.41, 5.74) is 0.199. The smallest absolute Gasteiger partial charge is 0.270 e. The SMILES string of the molecule is O=C(c1cccc([N+](=O)[O-])c1)N(CCO)C1CC1. The molecule has 18 heavy (non-hydrogen) atoms. The fourth-order valence-electron chi connectivity index (χ4n) is 1.86. The van der Waals surface area contributed by atoms with Gasteiger partial charge in [0, 0.05) is 30.3 Å². The second-order valence-electron chi connectivity index (χ2n) is 4.26. The topological polar surface area (TPSA) is 83.7 Å². The van der Waals surface area contributed by atoms with Gasteiger partial charge >= 0.3 is 0 Å². The van der Waals surface area contributed by atoms with E-state index in [2.05, 4.69) is 0 Å². The lowest BCUT2D eigenvalue weighted by Gasteiger charge is -2.21. The molecule has 1 N–H and O–H groups in total. The van der Waals surface area contributed by atoms with Crippen molar-refractivity contribution in [3.8, 4) is 0 Å². The number of aliphatic hydroxyl groups is 1. The van der Waals surface area contributed by atoms with E-state index in [4.69, 9.17) is 5.11 Å². The maximum atomic E-state index is 12.2. The van der Waals surface area contributed by atoms with Crippen LogP contribution < -0.4 is 0 Å². The van der Waals surface area contributed by atoms with Crippen molar-refractivity contribution in [2.45, 2.75) is 18.9 Å². The molecular weight excluding hydrogens is 236 g/mol. The lowest BCUT2D eigenvalue weighted by molar-refractivity contribution is -0.384. The molecule has 96 valence electrons. The van der Waals surface area contributed by atoms with Gasteiger partial charge in [0.05, 0.1) is 11.5 Å². The summed E-state index contributed by atoms with van der Waals surface area (Å²) in [5, 5.41) is 19.6. The van der Waals surface area contributed by atoms with Gasteiger partial charge < -0.3 is 10.0 Å². The minimum atomic E-state index is -0.524. The number of benzene rings is 1. The van der Waals surface area contributed by atoms with E-state index in [0.717, 1.165) is 12.8 Å². The molecule has 1 amide bonds. The first kappa shape index (κ1) is 12.5. The van der Waals surface area contributed by atoms with E-state index in [1.54, 1.807) is 11.0 Å². The normalized spacial score (nSPS) is 14.3. The largest absolute Gasteiger partial charge is 0.395 e. The molecule has 0 aliphatic heterocycles. The number of carbonyl (C=O) groups is 1. The number of amides is 1. The number of nitro groups is 1. The Morgan fingerprint density at radius 1 is 1.50 bits per heavy atom. The predicted molar refractivity (Wildman–Crippen MR) is 64.2 cm³/mol. The molecule has 1 saturated carbocycles. The summed E-state index contributed by atoms with van der Waals surface area (Å²) in [6.45, 7) is 0.170. The zero-order valence-electron chi connectivity index (χ0n) is 9.78. The van der Waals surface area contributed by atoms with E-state index < -0.39 is 4.92 Å². The van der Waals surface area contributed by atoms with Gasteiger partial charge in [0.2, 0.25) is 0 Å². The summed E-state index contributed by atoms with van der Waals surface area (Å²) < 4.78 is 0. The van der Waals surface area contributed by atoms with Gasteiger partial charge in [-0.2, -0.15) is 0 Å². The van der Waals surface area contributed by atoms with Crippen LogP contribution >= 0.6 is 0 Å². The van der Waals surface area contributed by atoms with Crippen molar-refractivity contribution in [2.75, 3.05) is 13.2 Å². The number of carbonyl (C=O) groups excluding carboxylic acids is 1. The lowest BCUT2D eigenvalue weighted by atomic mass is 10.1. The first-order valence-electron chi connectivity index (χ1n) is 5.80. The molecule has 0 saturated heterocycles. The van der Waals surface area contributed by atoms with Crippen molar-refractivity contribution < 1.29 is 14.8 Å². The van der Waals surface area contributed by atoms with Gasteiger partial charge in [-0.15, -0.1) is 0 Å². The van der Waals surface area contributed by atoms with E-state index in [9.17, 15) is 14.9 Å². The van der Waals surface area contributed by atoms with Gasteiger partial charge in [0.1, 0.15) is 0 Å². The van der Waals surface area contributed by atoms with Crippen molar-refractivity contribution in [1.82, 2.24) is 4.90 Å². The molecule has 2 rings (SSSR count). The molecule has 1 aromatic carbocycles. The zero-order chi connectivity index (χ0) is 13.1. The molecule has 0 spiro atoms. The second kappa shape index (κ2) is 5.14. The first-order valence-corrected chi connectivity index (χ1v) is 5.80. The summed E-state index contributed by atoms with van der Waals surface area (Å²) in [7, 11) is 0. The number of hydrogen-bond donors (Lipinski definition) is 1. The van der Waals surface area contributed by atoms with Crippen molar-refractivity contribution in [1.29, 1.82) is 0 Å². The maximum Gasteiger partial charge on any atom is 0.270 e. The van der Waals surface area contributed by atoms with Crippen LogP contribution in [-0.4, -0.2) is 40.0 Å². The Morgan fingerprint density at radius 2 is 2.22 bits per heavy atom. The average Bonchev–Trinajstić information content (AvgIpc) is 3.19. The molecule has 0 radical (unpaired) electrons. The Bertz CT molecular complexity index is 471. The zero-order valence-corrected chi connectivity index (χ0v) is 9.78. The van der Waals surface area contributed by atoms with Gasteiger partial charge in [-0.1, -0.05) is 6.07 Å². The van der Waals surface area contributed by atoms with E-state index in [1.807, 2.05) is 0 Å². The van der Waals surface area contributed by atoms with Crippen molar-refractivity contribution >= 4 is 11.6 Å². The summed E-state index contributed by atoms with van der Waals surface area (Å²) >= 11 is 0. The number of non-ortho nitro benzene ring substituents is 1. The van der Waals surface area contributed by atoms with Crippen LogP contribution in [0.15, 0.2) is 24.3 Å². The van der Waals surface area contributed by atoms with Crippen LogP contribution in [0.1, 0.15) is 23.2 Å². The fraction of sp³-hybridized carbons (Fsp3) is 0.417. The van der Waals surface area contributed by atoms with Gasteiger partial charge in [0.25, 0.3) is 11.6 Å². The molecule has 6 nitrogen and oxygen atoms in total. The second-order valence-corrected chi connectivity index (χ2v) is 4.26. The first-order chi connectivity index (χ1) is 8.63. The standard InChI is InChI=1S/C12H14N2O4/c15-7-6-13(10-4-5-10)12(16)9-2-1-3-11(8-9)14(17)18/h1-3,8,10,15H,4-7H2. The van der Waals surface area contributed by atoms with Crippen LogP contribution in [0.25, 0.3) is 0 Å². The maximum absolute atomic E-state index is 12.2. The van der Waals surface area contributed by atoms with Gasteiger partial charge in [0.15, 0.2) is 0 Å². The molecule has 1 aliphatic rings. The molecule has 0 unspecified atom stereocenters. The van der Waals surface area contributed by atoms with E-state index in [0.29, 0.717) is 5.56 Å². The third kappa shape index (κ3) is 2.65. The van der Waals surface area contributed by atoms with Crippen LogP contribution in [0, 0.1) is 10.1 Å². The molecular formula is C12H14N2O4. The molecule has 1 aliphatic carbocycles. The molecule has 0 atom stereocenters. The molecule has 6 heteroatoms. The Labute approximate surface area is 104 Å². The predicted octanol–water partition coefficient (Wildman–Crippen LogP) is 1.19. The number of nitro benzene ring substituents is 1. The number of hydrogen-bond acceptors (Lipinski definition) is 4. The highest BCUT2D eigenvalue weighted by Crippen LogP contribution is 2.28. The van der Waals surface area contributed by atoms with Crippen LogP contribution in [0.2, 0.25) is 0 Å². The monoisotopic (exact) mass is 250 g/mol. The highest BCUT2D eigenvalue weighted by atomic mass is 16.6. The minimum absolute atomic E-state index is 0.0967. The van der Waals surface area contributed by atoms with Crippen molar-refractivity contribution in [3.63, 3.8) is 0 Å². The quantitative estimate of drug-likeness (QED) is 0.628. The van der Waals surface area contributed by atoms with Crippen molar-refractivity contribution in [2.24, 2.45) is 0 Å². The minimum Gasteiger partial charge on any atom is -0.395 e. The highest BCUT2D eigenvalue weighted by molar-refractivity contribution is 5.95. The fourth-order valence-corrected chi connectivity index (χ4v) is 1.86. The van der Waals surface area contributed by atoms with Crippen LogP contribution in [0.5, 0.6) is 0 Å². The van der Waals surface area contributed by atoms with Crippen LogP contribution in [0.3, 0.4) is 0 Å². The summed E-state index contributed by atoms with van der Waals surface area (Å²) in [4.78, 5) is 23.9. The van der Waals surface area contributed by atoms with Crippen LogP contribution in [-0.2, 0) is 0 Å². The van der Waals surface area contributed by atoms with Crippen LogP contribution in [0.4, 0.5) is 5.69 Å². The molecule has 1 fully saturated rings. The van der Waals surface area contributed by atoms with E-state index in [1.165, 1.54) is 18.2 Å². The molecule has 1 aromatic rings. The Balaban J connectivity index is 2.21. The molecule has 0 aromatic heterocycles. The van der Waals surface area contributed by atoms with Gasteiger partial charge in [-0.3, -0.25) is 14.9 Å². The summed E-state index contributed by atoms with van der Waals surface area (Å²) in [6.07, 6.45) is 1.86. The Kier molecular flexibility index (Phi) is 3.57. The molecule has 0 heterocycles. The summed E-state index contributed by atoms with van der Waals surface area (Å²) in [6, 6.07) is 5.85. The average molecular weight is 250 g/mol. The highest BCUT2D eigenvalue weighted by Gasteiger charge is 2.32. The van der Waals surface area contributed by atoms with Crippen molar-refractivity contribution in [3.05, 3.63) is 39.9 Å². The van der Waals surface area contributed by atoms with E-state index >= 15 is 0 Å². The van der Waals surface area contributed by atoms with E-state index in [-0.39, 0.29) is 30.8 Å².